The van der Waals surface area contributed by atoms with Gasteiger partial charge in [-0.3, -0.25) is 19.9 Å². The topological polar surface area (TPSA) is 77.3 Å². The molecule has 6 aromatic rings. The van der Waals surface area contributed by atoms with E-state index in [4.69, 9.17) is 0 Å². The zero-order valence-corrected chi connectivity index (χ0v) is 25.2. The molecule has 6 rings (SSSR count). The van der Waals surface area contributed by atoms with Crippen LogP contribution in [0.1, 0.15) is 0 Å². The molecule has 0 aromatic carbocycles. The van der Waals surface area contributed by atoms with Gasteiger partial charge >= 0.3 is 0 Å². The Hall–Kier alpha value is -3.88. The number of rotatable bonds is 6. The standard InChI is InChI=1S/2C16H13N3S.Mn/c2*1-20-12-10-15(13-6-2-4-8-17-13)19-16(11-12)14-7-3-5-9-18-14;/h2*2-11H,1H3;. The minimum Gasteiger partial charge on any atom is -0.255 e. The van der Waals surface area contributed by atoms with Crippen LogP contribution in [0.5, 0.6) is 0 Å². The van der Waals surface area contributed by atoms with Gasteiger partial charge in [-0.25, -0.2) is 9.97 Å². The summed E-state index contributed by atoms with van der Waals surface area (Å²) >= 11 is 3.38. The van der Waals surface area contributed by atoms with Gasteiger partial charge < -0.3 is 0 Å². The van der Waals surface area contributed by atoms with Crippen molar-refractivity contribution in [2.75, 3.05) is 12.5 Å². The monoisotopic (exact) mass is 613 g/mol. The molecule has 0 aliphatic heterocycles. The van der Waals surface area contributed by atoms with Crippen molar-refractivity contribution < 1.29 is 17.1 Å². The average Bonchev–Trinajstić information content (AvgIpc) is 3.06. The first kappa shape index (κ1) is 30.1. The summed E-state index contributed by atoms with van der Waals surface area (Å²) in [6.45, 7) is 0. The molecule has 1 radical (unpaired) electrons. The largest absolute Gasteiger partial charge is 0.255 e. The Morgan fingerprint density at radius 3 is 0.854 bits per heavy atom. The predicted octanol–water partition coefficient (Wildman–Crippen LogP) is 7.85. The summed E-state index contributed by atoms with van der Waals surface area (Å²) in [6, 6.07) is 31.6. The van der Waals surface area contributed by atoms with Crippen LogP contribution < -0.4 is 0 Å². The molecule has 0 N–H and O–H groups in total. The molecule has 41 heavy (non-hydrogen) atoms. The van der Waals surface area contributed by atoms with Crippen LogP contribution in [0.15, 0.2) is 132 Å². The number of hydrogen-bond donors (Lipinski definition) is 0. The van der Waals surface area contributed by atoms with Crippen LogP contribution in [-0.4, -0.2) is 42.4 Å². The maximum Gasteiger partial charge on any atom is 0.0905 e. The van der Waals surface area contributed by atoms with E-state index in [1.54, 1.807) is 48.3 Å². The number of thioether (sulfide) groups is 2. The Kier molecular flexibility index (Phi) is 11.2. The molecule has 6 aromatic heterocycles. The second kappa shape index (κ2) is 15.2. The SMILES string of the molecule is CSc1cc(-c2ccccn2)nc(-c2ccccn2)c1.CSc1cc(-c2ccccn2)nc(-c2ccccn2)c1.[Mn]. The molecule has 0 atom stereocenters. The van der Waals surface area contributed by atoms with Crippen LogP contribution in [0, 0.1) is 0 Å². The number of aromatic nitrogens is 6. The first-order chi connectivity index (χ1) is 19.7. The molecule has 0 aliphatic carbocycles. The third kappa shape index (κ3) is 8.08. The van der Waals surface area contributed by atoms with Crippen molar-refractivity contribution in [1.82, 2.24) is 29.9 Å². The molecule has 9 heteroatoms. The van der Waals surface area contributed by atoms with Crippen LogP contribution >= 0.6 is 23.5 Å². The molecule has 203 valence electrons. The molecule has 6 heterocycles. The summed E-state index contributed by atoms with van der Waals surface area (Å²) in [4.78, 5) is 29.1. The van der Waals surface area contributed by atoms with E-state index in [1.165, 1.54) is 0 Å². The second-order valence-electron chi connectivity index (χ2n) is 8.41. The Bertz CT molecular complexity index is 1420. The van der Waals surface area contributed by atoms with E-state index in [-0.39, 0.29) is 17.1 Å². The number of hydrogen-bond acceptors (Lipinski definition) is 8. The van der Waals surface area contributed by atoms with Gasteiger partial charge in [-0.05, 0) is 85.3 Å². The minimum absolute atomic E-state index is 0. The van der Waals surface area contributed by atoms with Crippen molar-refractivity contribution in [3.63, 3.8) is 0 Å². The van der Waals surface area contributed by atoms with Gasteiger partial charge in [-0.1, -0.05) is 24.3 Å². The van der Waals surface area contributed by atoms with E-state index in [0.29, 0.717) is 0 Å². The predicted molar refractivity (Wildman–Crippen MR) is 165 cm³/mol. The number of nitrogens with zero attached hydrogens (tertiary/aromatic N) is 6. The Balaban J connectivity index is 0.000000184. The quantitative estimate of drug-likeness (QED) is 0.139. The fraction of sp³-hybridized carbons (Fsp3) is 0.0625. The van der Waals surface area contributed by atoms with Crippen LogP contribution in [0.25, 0.3) is 45.6 Å². The van der Waals surface area contributed by atoms with Crippen LogP contribution in [-0.2, 0) is 17.1 Å². The van der Waals surface area contributed by atoms with Crippen molar-refractivity contribution in [2.45, 2.75) is 9.79 Å². The van der Waals surface area contributed by atoms with E-state index in [9.17, 15) is 0 Å². The van der Waals surface area contributed by atoms with Crippen molar-refractivity contribution in [3.8, 4) is 45.6 Å². The molecular weight excluding hydrogens is 587 g/mol. The van der Waals surface area contributed by atoms with Gasteiger partial charge in [0.1, 0.15) is 0 Å². The van der Waals surface area contributed by atoms with E-state index in [2.05, 4.69) is 66.7 Å². The Morgan fingerprint density at radius 2 is 0.659 bits per heavy atom. The average molecular weight is 614 g/mol. The molecule has 0 amide bonds. The second-order valence-corrected chi connectivity index (χ2v) is 10.2. The first-order valence-electron chi connectivity index (χ1n) is 12.5. The fourth-order valence-corrected chi connectivity index (χ4v) is 4.75. The van der Waals surface area contributed by atoms with Gasteiger partial charge in [0.05, 0.1) is 45.6 Å². The van der Waals surface area contributed by atoms with Gasteiger partial charge in [-0.15, -0.1) is 23.5 Å². The summed E-state index contributed by atoms with van der Waals surface area (Å²) in [6.07, 6.45) is 11.2. The van der Waals surface area contributed by atoms with Gasteiger partial charge in [0.15, 0.2) is 0 Å². The third-order valence-corrected chi connectivity index (χ3v) is 7.19. The minimum atomic E-state index is 0. The Morgan fingerprint density at radius 1 is 0.390 bits per heavy atom. The van der Waals surface area contributed by atoms with Crippen molar-refractivity contribution in [2.24, 2.45) is 0 Å². The normalized spacial score (nSPS) is 10.2. The van der Waals surface area contributed by atoms with Crippen molar-refractivity contribution >= 4 is 23.5 Å². The summed E-state index contributed by atoms with van der Waals surface area (Å²) in [5, 5.41) is 0. The summed E-state index contributed by atoms with van der Waals surface area (Å²) < 4.78 is 0. The molecule has 6 nitrogen and oxygen atoms in total. The van der Waals surface area contributed by atoms with E-state index < -0.39 is 0 Å². The maximum atomic E-state index is 4.68. The van der Waals surface area contributed by atoms with Gasteiger partial charge in [0, 0.05) is 51.6 Å². The van der Waals surface area contributed by atoms with Crippen LogP contribution in [0.2, 0.25) is 0 Å². The van der Waals surface area contributed by atoms with Gasteiger partial charge in [0.2, 0.25) is 0 Å². The zero-order valence-electron chi connectivity index (χ0n) is 22.4. The molecule has 0 fully saturated rings. The molecule has 0 unspecified atom stereocenters. The molecule has 0 saturated heterocycles. The van der Waals surface area contributed by atoms with E-state index >= 15 is 0 Å². The smallest absolute Gasteiger partial charge is 0.0905 e. The van der Waals surface area contributed by atoms with Crippen molar-refractivity contribution in [1.29, 1.82) is 0 Å². The summed E-state index contributed by atoms with van der Waals surface area (Å²) in [5.74, 6) is 0. The van der Waals surface area contributed by atoms with E-state index in [0.717, 1.165) is 55.3 Å². The van der Waals surface area contributed by atoms with Gasteiger partial charge in [-0.2, -0.15) is 0 Å². The molecule has 0 spiro atoms. The molecular formula is C32H26MnN6S2. The van der Waals surface area contributed by atoms with E-state index in [1.807, 2.05) is 72.8 Å². The first-order valence-corrected chi connectivity index (χ1v) is 15.0. The Labute approximate surface area is 259 Å². The van der Waals surface area contributed by atoms with Crippen LogP contribution in [0.4, 0.5) is 0 Å². The molecule has 0 saturated carbocycles. The summed E-state index contributed by atoms with van der Waals surface area (Å²) in [7, 11) is 0. The van der Waals surface area contributed by atoms with Gasteiger partial charge in [0.25, 0.3) is 0 Å². The van der Waals surface area contributed by atoms with Crippen LogP contribution in [0.3, 0.4) is 0 Å². The molecule has 0 bridgehead atoms. The zero-order chi connectivity index (χ0) is 27.6. The molecule has 0 aliphatic rings. The fourth-order valence-electron chi connectivity index (χ4n) is 3.83. The summed E-state index contributed by atoms with van der Waals surface area (Å²) in [5.41, 5.74) is 7.00. The van der Waals surface area contributed by atoms with Crippen molar-refractivity contribution in [3.05, 3.63) is 122 Å². The third-order valence-electron chi connectivity index (χ3n) is 5.78. The maximum absolute atomic E-state index is 4.68. The number of pyridine rings is 6.